The fourth-order valence-electron chi connectivity index (χ4n) is 2.12. The average molecular weight is 318 g/mol. The van der Waals surface area contributed by atoms with Crippen molar-refractivity contribution in [1.82, 2.24) is 15.5 Å². The Hall–Kier alpha value is -2.04. The number of benzene rings is 1. The number of amides is 1. The standard InChI is InChI=1S/C18H30N4O/c1-7-19-17(20-12-16(23)21-18(3,4)5)22(6)13-15-10-8-14(2)9-11-15/h8-11H,7,12-13H2,1-6H3,(H,19,20)(H,21,23). The molecule has 1 amide bonds. The van der Waals surface area contributed by atoms with Gasteiger partial charge in [0.2, 0.25) is 5.91 Å². The zero-order chi connectivity index (χ0) is 17.5. The molecule has 0 saturated carbocycles. The van der Waals surface area contributed by atoms with Crippen molar-refractivity contribution in [2.24, 2.45) is 4.99 Å². The molecule has 0 aliphatic carbocycles. The SMILES string of the molecule is CCNC(=NCC(=O)NC(C)(C)C)N(C)Cc1ccc(C)cc1. The molecule has 0 atom stereocenters. The summed E-state index contributed by atoms with van der Waals surface area (Å²) in [6, 6.07) is 8.43. The van der Waals surface area contributed by atoms with E-state index in [-0.39, 0.29) is 18.0 Å². The van der Waals surface area contributed by atoms with Crippen LogP contribution in [0.4, 0.5) is 0 Å². The summed E-state index contributed by atoms with van der Waals surface area (Å²) in [6.45, 7) is 11.6. The minimum atomic E-state index is -0.237. The van der Waals surface area contributed by atoms with Crippen molar-refractivity contribution in [3.05, 3.63) is 35.4 Å². The summed E-state index contributed by atoms with van der Waals surface area (Å²) < 4.78 is 0. The monoisotopic (exact) mass is 318 g/mol. The maximum atomic E-state index is 11.9. The van der Waals surface area contributed by atoms with Gasteiger partial charge in [0, 0.05) is 25.7 Å². The fourth-order valence-corrected chi connectivity index (χ4v) is 2.12. The molecule has 0 fully saturated rings. The van der Waals surface area contributed by atoms with Gasteiger partial charge in [0.05, 0.1) is 0 Å². The Balaban J connectivity index is 2.69. The van der Waals surface area contributed by atoms with Crippen LogP contribution in [0.3, 0.4) is 0 Å². The molecule has 0 radical (unpaired) electrons. The molecule has 1 rings (SSSR count). The van der Waals surface area contributed by atoms with Gasteiger partial charge >= 0.3 is 0 Å². The second-order valence-electron chi connectivity index (χ2n) is 6.81. The van der Waals surface area contributed by atoms with E-state index in [0.717, 1.165) is 19.0 Å². The maximum absolute atomic E-state index is 11.9. The van der Waals surface area contributed by atoms with Gasteiger partial charge in [-0.05, 0) is 40.2 Å². The number of nitrogens with one attached hydrogen (secondary N) is 2. The quantitative estimate of drug-likeness (QED) is 0.647. The number of guanidine groups is 1. The lowest BCUT2D eigenvalue weighted by Crippen LogP contribution is -2.43. The first-order valence-corrected chi connectivity index (χ1v) is 8.07. The third kappa shape index (κ3) is 7.68. The van der Waals surface area contributed by atoms with Crippen LogP contribution in [-0.4, -0.2) is 42.4 Å². The molecule has 0 heterocycles. The molecule has 23 heavy (non-hydrogen) atoms. The van der Waals surface area contributed by atoms with Crippen LogP contribution in [0, 0.1) is 6.92 Å². The highest BCUT2D eigenvalue weighted by Crippen LogP contribution is 2.06. The number of nitrogens with zero attached hydrogens (tertiary/aromatic N) is 2. The van der Waals surface area contributed by atoms with Gasteiger partial charge in [-0.2, -0.15) is 0 Å². The number of rotatable bonds is 5. The predicted octanol–water partition coefficient (Wildman–Crippen LogP) is 2.31. The van der Waals surface area contributed by atoms with E-state index in [1.165, 1.54) is 11.1 Å². The van der Waals surface area contributed by atoms with Crippen molar-refractivity contribution in [3.8, 4) is 0 Å². The van der Waals surface area contributed by atoms with Gasteiger partial charge in [0.25, 0.3) is 0 Å². The molecular formula is C18H30N4O. The van der Waals surface area contributed by atoms with Gasteiger partial charge in [0.15, 0.2) is 5.96 Å². The lowest BCUT2D eigenvalue weighted by molar-refractivity contribution is -0.121. The second kappa shape index (κ2) is 8.56. The van der Waals surface area contributed by atoms with Crippen molar-refractivity contribution in [3.63, 3.8) is 0 Å². The van der Waals surface area contributed by atoms with Crippen molar-refractivity contribution in [2.45, 2.75) is 46.7 Å². The summed E-state index contributed by atoms with van der Waals surface area (Å²) in [5.41, 5.74) is 2.22. The predicted molar refractivity (Wildman–Crippen MR) is 96.5 cm³/mol. The molecule has 0 spiro atoms. The van der Waals surface area contributed by atoms with E-state index in [9.17, 15) is 4.79 Å². The molecule has 0 bridgehead atoms. The summed E-state index contributed by atoms with van der Waals surface area (Å²) >= 11 is 0. The highest BCUT2D eigenvalue weighted by molar-refractivity contribution is 5.85. The second-order valence-corrected chi connectivity index (χ2v) is 6.81. The molecule has 2 N–H and O–H groups in total. The zero-order valence-electron chi connectivity index (χ0n) is 15.2. The number of aryl methyl sites for hydroxylation is 1. The van der Waals surface area contributed by atoms with Crippen LogP contribution >= 0.6 is 0 Å². The molecule has 128 valence electrons. The molecule has 1 aromatic carbocycles. The van der Waals surface area contributed by atoms with E-state index in [4.69, 9.17) is 0 Å². The van der Waals surface area contributed by atoms with Crippen LogP contribution < -0.4 is 10.6 Å². The summed E-state index contributed by atoms with van der Waals surface area (Å²) in [7, 11) is 1.98. The number of aliphatic imine (C=N–C) groups is 1. The summed E-state index contributed by atoms with van der Waals surface area (Å²) in [6.07, 6.45) is 0. The molecule has 5 nitrogen and oxygen atoms in total. The van der Waals surface area contributed by atoms with Gasteiger partial charge in [-0.3, -0.25) is 4.79 Å². The van der Waals surface area contributed by atoms with Gasteiger partial charge in [-0.1, -0.05) is 29.8 Å². The molecule has 0 aromatic heterocycles. The first kappa shape index (κ1) is 19.0. The normalized spacial score (nSPS) is 12.0. The van der Waals surface area contributed by atoms with Gasteiger partial charge in [-0.15, -0.1) is 0 Å². The van der Waals surface area contributed by atoms with Crippen LogP contribution in [0.2, 0.25) is 0 Å². The minimum absolute atomic E-state index is 0.0726. The van der Waals surface area contributed by atoms with Crippen LogP contribution in [-0.2, 0) is 11.3 Å². The number of hydrogen-bond donors (Lipinski definition) is 2. The number of hydrogen-bond acceptors (Lipinski definition) is 2. The van der Waals surface area contributed by atoms with Crippen molar-refractivity contribution >= 4 is 11.9 Å². The molecule has 0 aliphatic heterocycles. The Bertz CT molecular complexity index is 529. The zero-order valence-corrected chi connectivity index (χ0v) is 15.2. The molecular weight excluding hydrogens is 288 g/mol. The molecule has 5 heteroatoms. The first-order valence-electron chi connectivity index (χ1n) is 8.07. The van der Waals surface area contributed by atoms with E-state index >= 15 is 0 Å². The van der Waals surface area contributed by atoms with Crippen molar-refractivity contribution < 1.29 is 4.79 Å². The first-order chi connectivity index (χ1) is 10.7. The van der Waals surface area contributed by atoms with Crippen LogP contribution in [0.15, 0.2) is 29.3 Å². The van der Waals surface area contributed by atoms with Crippen LogP contribution in [0.1, 0.15) is 38.8 Å². The van der Waals surface area contributed by atoms with E-state index in [2.05, 4.69) is 46.8 Å². The molecule has 0 unspecified atom stereocenters. The Morgan fingerprint density at radius 1 is 1.22 bits per heavy atom. The Morgan fingerprint density at radius 2 is 1.83 bits per heavy atom. The summed E-state index contributed by atoms with van der Waals surface area (Å²) in [5, 5.41) is 6.15. The van der Waals surface area contributed by atoms with Crippen molar-refractivity contribution in [1.29, 1.82) is 0 Å². The van der Waals surface area contributed by atoms with E-state index in [0.29, 0.717) is 0 Å². The van der Waals surface area contributed by atoms with E-state index in [1.807, 2.05) is 39.6 Å². The third-order valence-corrected chi connectivity index (χ3v) is 3.12. The fraction of sp³-hybridized carbons (Fsp3) is 0.556. The van der Waals surface area contributed by atoms with Gasteiger partial charge < -0.3 is 15.5 Å². The number of carbonyl (C=O) groups is 1. The van der Waals surface area contributed by atoms with Crippen molar-refractivity contribution in [2.75, 3.05) is 20.1 Å². The lowest BCUT2D eigenvalue weighted by Gasteiger charge is -2.23. The molecule has 1 aromatic rings. The highest BCUT2D eigenvalue weighted by atomic mass is 16.2. The van der Waals surface area contributed by atoms with E-state index < -0.39 is 0 Å². The molecule has 0 saturated heterocycles. The summed E-state index contributed by atoms with van der Waals surface area (Å²) in [5.74, 6) is 0.661. The average Bonchev–Trinajstić information content (AvgIpc) is 2.44. The largest absolute Gasteiger partial charge is 0.357 e. The van der Waals surface area contributed by atoms with Crippen LogP contribution in [0.25, 0.3) is 0 Å². The molecule has 0 aliphatic rings. The van der Waals surface area contributed by atoms with E-state index in [1.54, 1.807) is 0 Å². The lowest BCUT2D eigenvalue weighted by atomic mass is 10.1. The van der Waals surface area contributed by atoms with Gasteiger partial charge in [-0.25, -0.2) is 4.99 Å². The van der Waals surface area contributed by atoms with Gasteiger partial charge in [0.1, 0.15) is 6.54 Å². The van der Waals surface area contributed by atoms with Crippen LogP contribution in [0.5, 0.6) is 0 Å². The Labute approximate surface area is 140 Å². The topological polar surface area (TPSA) is 56.7 Å². The third-order valence-electron chi connectivity index (χ3n) is 3.12. The Kier molecular flexibility index (Phi) is 7.07. The summed E-state index contributed by atoms with van der Waals surface area (Å²) in [4.78, 5) is 18.4. The minimum Gasteiger partial charge on any atom is -0.357 e. The number of carbonyl (C=O) groups excluding carboxylic acids is 1. The highest BCUT2D eigenvalue weighted by Gasteiger charge is 2.14. The smallest absolute Gasteiger partial charge is 0.242 e. The maximum Gasteiger partial charge on any atom is 0.242 e. The Morgan fingerprint density at radius 3 is 2.35 bits per heavy atom.